The summed E-state index contributed by atoms with van der Waals surface area (Å²) < 4.78 is 0.828. The molecular weight excluding hydrogens is 458 g/mol. The number of amides is 2. The molecule has 1 N–H and O–H groups in total. The summed E-state index contributed by atoms with van der Waals surface area (Å²) in [6.45, 7) is 0. The standard InChI is InChI=1S/C25H16BrNO4/c26-13-9-11-14(12-10-13)27-22(28)20-19-15-5-1-3-7-17(15)25(24(30)31,21(20)23(27)29)18-8-4-2-6-16(18)19/h1-12,19-21H,(H,30,31)/t19?,20-,21+,25?/m0/s1. The van der Waals surface area contributed by atoms with Crippen LogP contribution in [0.3, 0.4) is 0 Å². The monoisotopic (exact) mass is 473 g/mol. The van der Waals surface area contributed by atoms with Crippen LogP contribution in [0.1, 0.15) is 28.2 Å². The van der Waals surface area contributed by atoms with E-state index < -0.39 is 29.1 Å². The van der Waals surface area contributed by atoms with Crippen molar-refractivity contribution in [3.63, 3.8) is 0 Å². The van der Waals surface area contributed by atoms with Crippen LogP contribution in [0.15, 0.2) is 77.3 Å². The molecule has 152 valence electrons. The first-order chi connectivity index (χ1) is 15.0. The summed E-state index contributed by atoms with van der Waals surface area (Å²) in [7, 11) is 0. The van der Waals surface area contributed by atoms with Gasteiger partial charge in [-0.1, -0.05) is 64.5 Å². The highest BCUT2D eigenvalue weighted by atomic mass is 79.9. The Morgan fingerprint density at radius 2 is 1.39 bits per heavy atom. The van der Waals surface area contributed by atoms with E-state index in [9.17, 15) is 19.5 Å². The predicted octanol–water partition coefficient (Wildman–Crippen LogP) is 4.08. The molecule has 31 heavy (non-hydrogen) atoms. The number of nitrogens with zero attached hydrogens (tertiary/aromatic N) is 1. The summed E-state index contributed by atoms with van der Waals surface area (Å²) in [6, 6.07) is 21.6. The molecule has 3 aliphatic carbocycles. The minimum atomic E-state index is -1.59. The van der Waals surface area contributed by atoms with Gasteiger partial charge in [0.1, 0.15) is 5.41 Å². The van der Waals surface area contributed by atoms with Crippen LogP contribution in [0.4, 0.5) is 5.69 Å². The summed E-state index contributed by atoms with van der Waals surface area (Å²) in [6.07, 6.45) is 0. The van der Waals surface area contributed by atoms with E-state index in [1.807, 2.05) is 24.3 Å². The highest BCUT2D eigenvalue weighted by Gasteiger charge is 2.71. The third-order valence-corrected chi connectivity index (χ3v) is 7.57. The lowest BCUT2D eigenvalue weighted by Gasteiger charge is -2.51. The first kappa shape index (κ1) is 18.5. The van der Waals surface area contributed by atoms with Gasteiger partial charge in [-0.3, -0.25) is 14.4 Å². The third kappa shape index (κ3) is 2.08. The van der Waals surface area contributed by atoms with Crippen LogP contribution in [-0.2, 0) is 19.8 Å². The van der Waals surface area contributed by atoms with Gasteiger partial charge < -0.3 is 5.11 Å². The van der Waals surface area contributed by atoms with Crippen molar-refractivity contribution in [1.82, 2.24) is 0 Å². The molecule has 3 aromatic rings. The topological polar surface area (TPSA) is 74.7 Å². The molecule has 6 heteroatoms. The summed E-state index contributed by atoms with van der Waals surface area (Å²) in [5, 5.41) is 10.7. The number of anilines is 1. The molecule has 5 nitrogen and oxygen atoms in total. The number of imide groups is 1. The number of halogens is 1. The fourth-order valence-electron chi connectivity index (χ4n) is 5.98. The van der Waals surface area contributed by atoms with Crippen LogP contribution in [0.2, 0.25) is 0 Å². The number of carboxylic acid groups (broad SMARTS) is 1. The lowest BCUT2D eigenvalue weighted by atomic mass is 9.47. The molecule has 0 unspecified atom stereocenters. The van der Waals surface area contributed by atoms with E-state index in [-0.39, 0.29) is 11.8 Å². The Morgan fingerprint density at radius 1 is 0.839 bits per heavy atom. The van der Waals surface area contributed by atoms with Gasteiger partial charge in [0, 0.05) is 10.4 Å². The summed E-state index contributed by atoms with van der Waals surface area (Å²) >= 11 is 3.37. The zero-order valence-electron chi connectivity index (χ0n) is 16.2. The molecule has 1 heterocycles. The molecule has 0 radical (unpaired) electrons. The summed E-state index contributed by atoms with van der Waals surface area (Å²) in [4.78, 5) is 41.7. The number of carboxylic acids is 1. The molecule has 0 spiro atoms. The summed E-state index contributed by atoms with van der Waals surface area (Å²) in [5.41, 5.74) is 1.74. The number of hydrogen-bond donors (Lipinski definition) is 1. The highest BCUT2D eigenvalue weighted by Crippen LogP contribution is 2.64. The molecule has 1 aliphatic heterocycles. The highest BCUT2D eigenvalue weighted by molar-refractivity contribution is 9.10. The van der Waals surface area contributed by atoms with Crippen molar-refractivity contribution in [2.75, 3.05) is 4.90 Å². The molecule has 1 saturated heterocycles. The van der Waals surface area contributed by atoms with Crippen molar-refractivity contribution < 1.29 is 19.5 Å². The van der Waals surface area contributed by atoms with Crippen LogP contribution in [0.25, 0.3) is 0 Å². The molecule has 1 fully saturated rings. The number of rotatable bonds is 2. The normalized spacial score (nSPS) is 27.6. The van der Waals surface area contributed by atoms with Crippen LogP contribution >= 0.6 is 15.9 Å². The Kier molecular flexibility index (Phi) is 3.67. The zero-order valence-corrected chi connectivity index (χ0v) is 17.7. The lowest BCUT2D eigenvalue weighted by Crippen LogP contribution is -2.57. The van der Waals surface area contributed by atoms with Gasteiger partial charge in [0.15, 0.2) is 0 Å². The minimum Gasteiger partial charge on any atom is -0.480 e. The molecular formula is C25H16BrNO4. The Morgan fingerprint density at radius 3 is 1.94 bits per heavy atom. The molecule has 4 aliphatic rings. The first-order valence-electron chi connectivity index (χ1n) is 10.0. The van der Waals surface area contributed by atoms with Gasteiger partial charge >= 0.3 is 5.97 Å². The fraction of sp³-hybridized carbons (Fsp3) is 0.160. The third-order valence-electron chi connectivity index (χ3n) is 7.04. The van der Waals surface area contributed by atoms with Gasteiger partial charge in [-0.15, -0.1) is 0 Å². The second kappa shape index (κ2) is 6.14. The van der Waals surface area contributed by atoms with Crippen molar-refractivity contribution in [2.45, 2.75) is 11.3 Å². The van der Waals surface area contributed by atoms with Crippen molar-refractivity contribution in [1.29, 1.82) is 0 Å². The lowest BCUT2D eigenvalue weighted by molar-refractivity contribution is -0.149. The van der Waals surface area contributed by atoms with E-state index in [2.05, 4.69) is 15.9 Å². The maximum absolute atomic E-state index is 13.8. The fourth-order valence-corrected chi connectivity index (χ4v) is 6.24. The Hall–Kier alpha value is -3.25. The van der Waals surface area contributed by atoms with Crippen molar-refractivity contribution in [2.24, 2.45) is 11.8 Å². The Labute approximate surface area is 186 Å². The largest absolute Gasteiger partial charge is 0.480 e. The maximum Gasteiger partial charge on any atom is 0.319 e. The predicted molar refractivity (Wildman–Crippen MR) is 117 cm³/mol. The quantitative estimate of drug-likeness (QED) is 0.568. The van der Waals surface area contributed by atoms with Gasteiger partial charge in [-0.25, -0.2) is 4.90 Å². The van der Waals surface area contributed by atoms with Crippen molar-refractivity contribution >= 4 is 39.4 Å². The van der Waals surface area contributed by atoms with Crippen LogP contribution in [0, 0.1) is 11.8 Å². The van der Waals surface area contributed by atoms with Gasteiger partial charge in [0.25, 0.3) is 0 Å². The van der Waals surface area contributed by atoms with Crippen LogP contribution in [-0.4, -0.2) is 22.9 Å². The average Bonchev–Trinajstić information content (AvgIpc) is 3.05. The SMILES string of the molecule is O=C1[C@H]2C3c4ccccc4C(C(=O)O)(c4ccccc43)[C@H]2C(=O)N1c1ccc(Br)cc1. The molecule has 2 bridgehead atoms. The second-order valence-electron chi connectivity index (χ2n) is 8.26. The minimum absolute atomic E-state index is 0.336. The number of hydrogen-bond acceptors (Lipinski definition) is 3. The molecule has 2 atom stereocenters. The molecule has 0 aromatic heterocycles. The number of carbonyl (C=O) groups excluding carboxylic acids is 2. The molecule has 0 saturated carbocycles. The van der Waals surface area contributed by atoms with E-state index in [0.29, 0.717) is 16.8 Å². The van der Waals surface area contributed by atoms with Crippen molar-refractivity contribution in [3.8, 4) is 0 Å². The Bertz CT molecular complexity index is 1250. The first-order valence-corrected chi connectivity index (χ1v) is 10.8. The molecule has 2 amide bonds. The number of aliphatic carboxylic acids is 1. The second-order valence-corrected chi connectivity index (χ2v) is 9.17. The van der Waals surface area contributed by atoms with Crippen LogP contribution < -0.4 is 4.90 Å². The van der Waals surface area contributed by atoms with Gasteiger partial charge in [-0.05, 0) is 46.5 Å². The zero-order chi connectivity index (χ0) is 21.5. The van der Waals surface area contributed by atoms with E-state index in [1.54, 1.807) is 48.5 Å². The van der Waals surface area contributed by atoms with E-state index in [1.165, 1.54) is 4.90 Å². The van der Waals surface area contributed by atoms with Gasteiger partial charge in [0.05, 0.1) is 17.5 Å². The van der Waals surface area contributed by atoms with Gasteiger partial charge in [-0.2, -0.15) is 0 Å². The average molecular weight is 474 g/mol. The smallest absolute Gasteiger partial charge is 0.319 e. The number of benzene rings is 3. The van der Waals surface area contributed by atoms with E-state index >= 15 is 0 Å². The molecule has 3 aromatic carbocycles. The maximum atomic E-state index is 13.8. The molecule has 7 rings (SSSR count). The Balaban J connectivity index is 1.67. The van der Waals surface area contributed by atoms with E-state index in [4.69, 9.17) is 0 Å². The summed E-state index contributed by atoms with van der Waals surface area (Å²) in [5.74, 6) is -3.98. The van der Waals surface area contributed by atoms with Gasteiger partial charge in [0.2, 0.25) is 11.8 Å². The van der Waals surface area contributed by atoms with E-state index in [0.717, 1.165) is 15.6 Å². The van der Waals surface area contributed by atoms with Crippen molar-refractivity contribution in [3.05, 3.63) is 99.5 Å². The van der Waals surface area contributed by atoms with Crippen LogP contribution in [0.5, 0.6) is 0 Å². The number of carbonyl (C=O) groups is 3.